The molecule has 0 radical (unpaired) electrons. The molecule has 2 saturated heterocycles. The third kappa shape index (κ3) is 1.18. The zero-order valence-corrected chi connectivity index (χ0v) is 6.55. The van der Waals surface area contributed by atoms with E-state index in [1.807, 2.05) is 0 Å². The summed E-state index contributed by atoms with van der Waals surface area (Å²) in [6.45, 7) is 5.48. The van der Waals surface area contributed by atoms with E-state index < -0.39 is 0 Å². The van der Waals surface area contributed by atoms with Crippen molar-refractivity contribution in [2.24, 2.45) is 0 Å². The van der Waals surface area contributed by atoms with Crippen LogP contribution in [0.25, 0.3) is 0 Å². The normalized spacial score (nSPS) is 30.0. The first-order valence-electron chi connectivity index (χ1n) is 4.52. The number of piperidine rings is 1. The SMILES string of the molecule is C1CN(C2CC[NH2+]CC2)C1. The van der Waals surface area contributed by atoms with Gasteiger partial charge in [-0.25, -0.2) is 0 Å². The van der Waals surface area contributed by atoms with Gasteiger partial charge in [-0.1, -0.05) is 0 Å². The predicted molar refractivity (Wildman–Crippen MR) is 40.9 cm³/mol. The minimum absolute atomic E-state index is 0.957. The second kappa shape index (κ2) is 2.89. The van der Waals surface area contributed by atoms with Gasteiger partial charge in [0.1, 0.15) is 0 Å². The molecule has 2 fully saturated rings. The zero-order valence-electron chi connectivity index (χ0n) is 6.55. The Kier molecular flexibility index (Phi) is 1.91. The molecule has 2 N–H and O–H groups in total. The van der Waals surface area contributed by atoms with E-state index in [0.29, 0.717) is 0 Å². The average Bonchev–Trinajstić information content (AvgIpc) is 1.86. The van der Waals surface area contributed by atoms with Gasteiger partial charge >= 0.3 is 0 Å². The van der Waals surface area contributed by atoms with Gasteiger partial charge in [0.25, 0.3) is 0 Å². The maximum absolute atomic E-state index is 2.65. The zero-order chi connectivity index (χ0) is 6.81. The van der Waals surface area contributed by atoms with E-state index in [9.17, 15) is 0 Å². The second-order valence-corrected chi connectivity index (χ2v) is 3.49. The quantitative estimate of drug-likeness (QED) is 0.518. The molecule has 2 nitrogen and oxygen atoms in total. The highest BCUT2D eigenvalue weighted by Crippen LogP contribution is 2.16. The van der Waals surface area contributed by atoms with Gasteiger partial charge in [0.2, 0.25) is 0 Å². The summed E-state index contributed by atoms with van der Waals surface area (Å²) in [5.41, 5.74) is 0. The van der Waals surface area contributed by atoms with Crippen LogP contribution in [0.1, 0.15) is 19.3 Å². The number of nitrogens with two attached hydrogens (primary N) is 1. The van der Waals surface area contributed by atoms with Crippen molar-refractivity contribution in [3.63, 3.8) is 0 Å². The third-order valence-electron chi connectivity index (χ3n) is 2.82. The van der Waals surface area contributed by atoms with Crippen molar-refractivity contribution in [1.82, 2.24) is 4.90 Å². The van der Waals surface area contributed by atoms with Gasteiger partial charge in [0, 0.05) is 18.9 Å². The maximum atomic E-state index is 2.65. The lowest BCUT2D eigenvalue weighted by Crippen LogP contribution is -2.87. The summed E-state index contributed by atoms with van der Waals surface area (Å²) in [4.78, 5) is 2.65. The fraction of sp³-hybridized carbons (Fsp3) is 1.00. The molecule has 2 heterocycles. The standard InChI is InChI=1S/C8H16N2/c1-6-10(7-1)8-2-4-9-5-3-8/h8-9H,1-7H2/p+1. The highest BCUT2D eigenvalue weighted by molar-refractivity contribution is 4.78. The molecule has 0 spiro atoms. The molecule has 2 aliphatic rings. The van der Waals surface area contributed by atoms with Gasteiger partial charge in [0.05, 0.1) is 13.1 Å². The average molecular weight is 141 g/mol. The molecule has 2 heteroatoms. The molecule has 0 aromatic rings. The Bertz CT molecular complexity index is 104. The molecule has 0 unspecified atom stereocenters. The van der Waals surface area contributed by atoms with Crippen LogP contribution in [0.4, 0.5) is 0 Å². The fourth-order valence-corrected chi connectivity index (χ4v) is 1.98. The Morgan fingerprint density at radius 1 is 1.10 bits per heavy atom. The van der Waals surface area contributed by atoms with Crippen LogP contribution < -0.4 is 5.32 Å². The van der Waals surface area contributed by atoms with Gasteiger partial charge in [-0.3, -0.25) is 4.90 Å². The Hall–Kier alpha value is -0.0800. The monoisotopic (exact) mass is 141 g/mol. The second-order valence-electron chi connectivity index (χ2n) is 3.49. The van der Waals surface area contributed by atoms with E-state index in [1.54, 1.807) is 0 Å². The van der Waals surface area contributed by atoms with Crippen LogP contribution in [-0.2, 0) is 0 Å². The highest BCUT2D eigenvalue weighted by Gasteiger charge is 2.26. The van der Waals surface area contributed by atoms with Crippen molar-refractivity contribution in [3.8, 4) is 0 Å². The van der Waals surface area contributed by atoms with Crippen molar-refractivity contribution in [2.75, 3.05) is 26.2 Å². The Labute approximate surface area is 62.6 Å². The van der Waals surface area contributed by atoms with Crippen LogP contribution in [0.3, 0.4) is 0 Å². The minimum atomic E-state index is 0.957. The lowest BCUT2D eigenvalue weighted by Gasteiger charge is -2.39. The molecular weight excluding hydrogens is 124 g/mol. The van der Waals surface area contributed by atoms with Gasteiger partial charge in [-0.05, 0) is 19.5 Å². The van der Waals surface area contributed by atoms with Crippen LogP contribution in [-0.4, -0.2) is 37.1 Å². The minimum Gasteiger partial charge on any atom is -0.346 e. The lowest BCUT2D eigenvalue weighted by molar-refractivity contribution is -0.664. The first-order valence-corrected chi connectivity index (χ1v) is 4.52. The van der Waals surface area contributed by atoms with Crippen molar-refractivity contribution >= 4 is 0 Å². The number of hydrogen-bond donors (Lipinski definition) is 1. The summed E-state index contributed by atoms with van der Waals surface area (Å²) >= 11 is 0. The van der Waals surface area contributed by atoms with Crippen molar-refractivity contribution < 1.29 is 5.32 Å². The third-order valence-corrected chi connectivity index (χ3v) is 2.82. The van der Waals surface area contributed by atoms with Gasteiger partial charge in [-0.2, -0.15) is 0 Å². The van der Waals surface area contributed by atoms with Crippen molar-refractivity contribution in [3.05, 3.63) is 0 Å². The molecule has 2 aliphatic heterocycles. The number of hydrogen-bond acceptors (Lipinski definition) is 1. The Morgan fingerprint density at radius 3 is 2.30 bits per heavy atom. The van der Waals surface area contributed by atoms with Crippen molar-refractivity contribution in [2.45, 2.75) is 25.3 Å². The lowest BCUT2D eigenvalue weighted by atomic mass is 10.0. The van der Waals surface area contributed by atoms with E-state index >= 15 is 0 Å². The summed E-state index contributed by atoms with van der Waals surface area (Å²) in [5.74, 6) is 0. The molecule has 2 rings (SSSR count). The summed E-state index contributed by atoms with van der Waals surface area (Å²) in [5, 5.41) is 2.44. The molecule has 0 aliphatic carbocycles. The molecule has 0 saturated carbocycles. The van der Waals surface area contributed by atoms with E-state index in [1.165, 1.54) is 45.4 Å². The van der Waals surface area contributed by atoms with Crippen LogP contribution in [0.5, 0.6) is 0 Å². The molecular formula is C8H17N2+. The smallest absolute Gasteiger partial charge is 0.0770 e. The molecule has 0 amide bonds. The number of rotatable bonds is 1. The van der Waals surface area contributed by atoms with E-state index in [-0.39, 0.29) is 0 Å². The molecule has 0 atom stereocenters. The number of likely N-dealkylation sites (tertiary alicyclic amines) is 1. The molecule has 10 heavy (non-hydrogen) atoms. The van der Waals surface area contributed by atoms with Gasteiger partial charge in [-0.15, -0.1) is 0 Å². The summed E-state index contributed by atoms with van der Waals surface area (Å²) < 4.78 is 0. The molecule has 0 aromatic carbocycles. The largest absolute Gasteiger partial charge is 0.346 e. The van der Waals surface area contributed by atoms with Crippen LogP contribution in [0.15, 0.2) is 0 Å². The summed E-state index contributed by atoms with van der Waals surface area (Å²) in [6.07, 6.45) is 4.31. The Balaban J connectivity index is 1.78. The maximum Gasteiger partial charge on any atom is 0.0770 e. The number of quaternary nitrogens is 1. The predicted octanol–water partition coefficient (Wildman–Crippen LogP) is -0.582. The van der Waals surface area contributed by atoms with Crippen molar-refractivity contribution in [1.29, 1.82) is 0 Å². The fourth-order valence-electron chi connectivity index (χ4n) is 1.98. The Morgan fingerprint density at radius 2 is 1.80 bits per heavy atom. The molecule has 0 aromatic heterocycles. The summed E-state index contributed by atoms with van der Waals surface area (Å²) in [6, 6.07) is 0.957. The van der Waals surface area contributed by atoms with Crippen LogP contribution in [0, 0.1) is 0 Å². The highest BCUT2D eigenvalue weighted by atomic mass is 15.2. The first kappa shape index (κ1) is 6.62. The van der Waals surface area contributed by atoms with E-state index in [0.717, 1.165) is 6.04 Å². The van der Waals surface area contributed by atoms with E-state index in [4.69, 9.17) is 0 Å². The molecule has 58 valence electrons. The summed E-state index contributed by atoms with van der Waals surface area (Å²) in [7, 11) is 0. The van der Waals surface area contributed by atoms with E-state index in [2.05, 4.69) is 10.2 Å². The first-order chi connectivity index (χ1) is 4.97. The van der Waals surface area contributed by atoms with Gasteiger partial charge in [0.15, 0.2) is 0 Å². The molecule has 0 bridgehead atoms. The number of nitrogens with zero attached hydrogens (tertiary/aromatic N) is 1. The van der Waals surface area contributed by atoms with Crippen LogP contribution in [0.2, 0.25) is 0 Å². The van der Waals surface area contributed by atoms with Gasteiger partial charge < -0.3 is 5.32 Å². The topological polar surface area (TPSA) is 19.9 Å². The van der Waals surface area contributed by atoms with Crippen LogP contribution >= 0.6 is 0 Å².